The van der Waals surface area contributed by atoms with Gasteiger partial charge < -0.3 is 15.5 Å². The predicted molar refractivity (Wildman–Crippen MR) is 67.6 cm³/mol. The summed E-state index contributed by atoms with van der Waals surface area (Å²) in [5, 5.41) is 21.4. The molecule has 92 valence electrons. The zero-order chi connectivity index (χ0) is 12.5. The minimum atomic E-state index is -0.267. The van der Waals surface area contributed by atoms with Crippen LogP contribution in [0.2, 0.25) is 0 Å². The summed E-state index contributed by atoms with van der Waals surface area (Å²) < 4.78 is 0.203. The van der Waals surface area contributed by atoms with Crippen LogP contribution in [0.5, 0.6) is 11.5 Å². The summed E-state index contributed by atoms with van der Waals surface area (Å²) in [5.74, 6) is -0.487. The highest BCUT2D eigenvalue weighted by atomic mass is 32.2. The van der Waals surface area contributed by atoms with E-state index >= 15 is 0 Å². The second kappa shape index (κ2) is 4.49. The lowest BCUT2D eigenvalue weighted by molar-refractivity contribution is 0.0952. The standard InChI is InChI=1S/C12H15NO3S/c1-17-12(2-3-12)7-13-11(16)8-4-9(14)6-10(15)5-8/h4-6,14-15H,2-3,7H2,1H3,(H,13,16). The van der Waals surface area contributed by atoms with Crippen molar-refractivity contribution in [2.24, 2.45) is 0 Å². The van der Waals surface area contributed by atoms with Crippen molar-refractivity contribution in [1.29, 1.82) is 0 Å². The molecule has 1 saturated carbocycles. The van der Waals surface area contributed by atoms with Crippen LogP contribution in [0.3, 0.4) is 0 Å². The van der Waals surface area contributed by atoms with E-state index in [9.17, 15) is 15.0 Å². The van der Waals surface area contributed by atoms with Crippen LogP contribution in [-0.2, 0) is 0 Å². The van der Waals surface area contributed by atoms with Crippen molar-refractivity contribution in [1.82, 2.24) is 5.32 Å². The maximum Gasteiger partial charge on any atom is 0.251 e. The van der Waals surface area contributed by atoms with Gasteiger partial charge in [-0.15, -0.1) is 0 Å². The minimum Gasteiger partial charge on any atom is -0.508 e. The van der Waals surface area contributed by atoms with Crippen molar-refractivity contribution in [3.63, 3.8) is 0 Å². The molecule has 1 aliphatic carbocycles. The average Bonchev–Trinajstić information content (AvgIpc) is 3.05. The van der Waals surface area contributed by atoms with E-state index in [2.05, 4.69) is 5.32 Å². The van der Waals surface area contributed by atoms with Gasteiger partial charge in [0, 0.05) is 22.9 Å². The first-order valence-corrected chi connectivity index (χ1v) is 6.63. The predicted octanol–water partition coefficient (Wildman–Crippen LogP) is 1.72. The number of amides is 1. The molecule has 0 atom stereocenters. The molecule has 0 spiro atoms. The van der Waals surface area contributed by atoms with Gasteiger partial charge in [-0.25, -0.2) is 0 Å². The molecule has 0 saturated heterocycles. The van der Waals surface area contributed by atoms with Gasteiger partial charge in [-0.3, -0.25) is 4.79 Å². The second-order valence-corrected chi connectivity index (χ2v) is 5.58. The fraction of sp³-hybridized carbons (Fsp3) is 0.417. The minimum absolute atomic E-state index is 0.110. The van der Waals surface area contributed by atoms with Crippen molar-refractivity contribution >= 4 is 17.7 Å². The fourth-order valence-electron chi connectivity index (χ4n) is 1.66. The molecule has 0 unspecified atom stereocenters. The van der Waals surface area contributed by atoms with Crippen molar-refractivity contribution in [3.8, 4) is 11.5 Å². The Hall–Kier alpha value is -1.36. The van der Waals surface area contributed by atoms with Gasteiger partial charge in [0.05, 0.1) is 0 Å². The third-order valence-electron chi connectivity index (χ3n) is 2.98. The summed E-state index contributed by atoms with van der Waals surface area (Å²) in [5.41, 5.74) is 0.277. The molecule has 17 heavy (non-hydrogen) atoms. The van der Waals surface area contributed by atoms with Gasteiger partial charge in [-0.05, 0) is 31.2 Å². The third-order valence-corrected chi connectivity index (χ3v) is 4.40. The number of phenolic OH excluding ortho intramolecular Hbond substituents is 2. The maximum atomic E-state index is 11.8. The van der Waals surface area contributed by atoms with Crippen LogP contribution < -0.4 is 5.32 Å². The van der Waals surface area contributed by atoms with Gasteiger partial charge in [-0.1, -0.05) is 0 Å². The number of aromatic hydroxyl groups is 2. The van der Waals surface area contributed by atoms with Gasteiger partial charge in [0.2, 0.25) is 0 Å². The zero-order valence-electron chi connectivity index (χ0n) is 9.56. The Labute approximate surface area is 104 Å². The number of nitrogens with one attached hydrogen (secondary N) is 1. The number of hydrogen-bond donors (Lipinski definition) is 3. The molecule has 1 aromatic rings. The molecule has 2 rings (SSSR count). The van der Waals surface area contributed by atoms with E-state index in [0.717, 1.165) is 12.8 Å². The molecule has 0 aromatic heterocycles. The molecule has 0 radical (unpaired) electrons. The monoisotopic (exact) mass is 253 g/mol. The van der Waals surface area contributed by atoms with Crippen molar-refractivity contribution in [2.75, 3.05) is 12.8 Å². The lowest BCUT2D eigenvalue weighted by Gasteiger charge is -2.13. The van der Waals surface area contributed by atoms with E-state index in [1.807, 2.05) is 6.26 Å². The highest BCUT2D eigenvalue weighted by molar-refractivity contribution is 8.00. The molecule has 1 amide bonds. The number of rotatable bonds is 4. The molecule has 1 aliphatic rings. The van der Waals surface area contributed by atoms with E-state index in [1.165, 1.54) is 18.2 Å². The Morgan fingerprint density at radius 1 is 1.35 bits per heavy atom. The van der Waals surface area contributed by atoms with Crippen LogP contribution in [-0.4, -0.2) is 33.7 Å². The topological polar surface area (TPSA) is 69.6 Å². The molecule has 3 N–H and O–H groups in total. The summed E-state index contributed by atoms with van der Waals surface area (Å²) >= 11 is 1.77. The van der Waals surface area contributed by atoms with Gasteiger partial charge >= 0.3 is 0 Å². The zero-order valence-corrected chi connectivity index (χ0v) is 10.4. The lowest BCUT2D eigenvalue weighted by Crippen LogP contribution is -2.31. The largest absolute Gasteiger partial charge is 0.508 e. The Morgan fingerprint density at radius 2 is 1.94 bits per heavy atom. The summed E-state index contributed by atoms with van der Waals surface area (Å²) in [6.07, 6.45) is 4.29. The number of carbonyl (C=O) groups excluding carboxylic acids is 1. The normalized spacial score (nSPS) is 16.5. The highest BCUT2D eigenvalue weighted by Gasteiger charge is 2.41. The third kappa shape index (κ3) is 2.85. The molecular weight excluding hydrogens is 238 g/mol. The number of hydrogen-bond acceptors (Lipinski definition) is 4. The Kier molecular flexibility index (Phi) is 3.19. The highest BCUT2D eigenvalue weighted by Crippen LogP contribution is 2.46. The van der Waals surface area contributed by atoms with Crippen LogP contribution in [0.15, 0.2) is 18.2 Å². The van der Waals surface area contributed by atoms with Crippen molar-refractivity contribution in [2.45, 2.75) is 17.6 Å². The molecule has 0 aliphatic heterocycles. The van der Waals surface area contributed by atoms with Crippen LogP contribution in [0, 0.1) is 0 Å². The SMILES string of the molecule is CSC1(CNC(=O)c2cc(O)cc(O)c2)CC1. The van der Waals surface area contributed by atoms with Crippen LogP contribution in [0.4, 0.5) is 0 Å². The Bertz CT molecular complexity index is 423. The number of benzene rings is 1. The quantitative estimate of drug-likeness (QED) is 0.764. The van der Waals surface area contributed by atoms with Crippen LogP contribution >= 0.6 is 11.8 Å². The van der Waals surface area contributed by atoms with Gasteiger partial charge in [0.15, 0.2) is 0 Å². The summed E-state index contributed by atoms with van der Waals surface area (Å²) in [4.78, 5) is 11.8. The first kappa shape index (κ1) is 12.1. The van der Waals surface area contributed by atoms with Crippen LogP contribution in [0.25, 0.3) is 0 Å². The van der Waals surface area contributed by atoms with E-state index in [-0.39, 0.29) is 27.7 Å². The molecule has 1 aromatic carbocycles. The van der Waals surface area contributed by atoms with E-state index in [4.69, 9.17) is 0 Å². The van der Waals surface area contributed by atoms with Gasteiger partial charge in [0.1, 0.15) is 11.5 Å². The molecule has 5 heteroatoms. The molecule has 1 fully saturated rings. The van der Waals surface area contributed by atoms with E-state index in [0.29, 0.717) is 6.54 Å². The van der Waals surface area contributed by atoms with Gasteiger partial charge in [0.25, 0.3) is 5.91 Å². The van der Waals surface area contributed by atoms with Crippen LogP contribution in [0.1, 0.15) is 23.2 Å². The number of phenols is 2. The number of thioether (sulfide) groups is 1. The number of carbonyl (C=O) groups is 1. The summed E-state index contributed by atoms with van der Waals surface area (Å²) in [6.45, 7) is 0.628. The molecule has 0 bridgehead atoms. The summed E-state index contributed by atoms with van der Waals surface area (Å²) in [6, 6.07) is 3.88. The van der Waals surface area contributed by atoms with Crippen molar-refractivity contribution < 1.29 is 15.0 Å². The molecular formula is C12H15NO3S. The smallest absolute Gasteiger partial charge is 0.251 e. The van der Waals surface area contributed by atoms with Gasteiger partial charge in [-0.2, -0.15) is 11.8 Å². The maximum absolute atomic E-state index is 11.8. The molecule has 0 heterocycles. The fourth-order valence-corrected chi connectivity index (χ4v) is 2.39. The average molecular weight is 253 g/mol. The first-order chi connectivity index (χ1) is 8.04. The summed E-state index contributed by atoms with van der Waals surface area (Å²) in [7, 11) is 0. The van der Waals surface area contributed by atoms with E-state index < -0.39 is 0 Å². The first-order valence-electron chi connectivity index (χ1n) is 5.41. The Morgan fingerprint density at radius 3 is 2.41 bits per heavy atom. The van der Waals surface area contributed by atoms with Crippen molar-refractivity contribution in [3.05, 3.63) is 23.8 Å². The second-order valence-electron chi connectivity index (χ2n) is 4.31. The molecule has 4 nitrogen and oxygen atoms in total. The lowest BCUT2D eigenvalue weighted by atomic mass is 10.2. The Balaban J connectivity index is 1.99. The van der Waals surface area contributed by atoms with E-state index in [1.54, 1.807) is 11.8 Å².